The molecule has 0 fully saturated rings. The van der Waals surface area contributed by atoms with Crippen molar-refractivity contribution in [2.75, 3.05) is 37.7 Å². The van der Waals surface area contributed by atoms with Gasteiger partial charge in [-0.1, -0.05) is 12.1 Å². The summed E-state index contributed by atoms with van der Waals surface area (Å²) < 4.78 is 17.0. The number of benzene rings is 2. The van der Waals surface area contributed by atoms with Crippen LogP contribution < -0.4 is 30.6 Å². The summed E-state index contributed by atoms with van der Waals surface area (Å²) in [5, 5.41) is 7.99. The number of nitrogens with zero attached hydrogens (tertiary/aromatic N) is 4. The molecule has 0 unspecified atom stereocenters. The summed E-state index contributed by atoms with van der Waals surface area (Å²) in [6.45, 7) is 0. The minimum atomic E-state index is -0.353. The van der Waals surface area contributed by atoms with Crippen molar-refractivity contribution in [2.45, 2.75) is 0 Å². The minimum Gasteiger partial charge on any atom is -0.493 e. The fourth-order valence-corrected chi connectivity index (χ4v) is 4.78. The first-order valence-corrected chi connectivity index (χ1v) is 12.2. The lowest BCUT2D eigenvalue weighted by molar-refractivity contribution is 0.102. The number of nitrogen functional groups attached to an aromatic ring is 1. The number of carbonyl (C=O) groups excluding carboxylic acids is 1. The normalized spacial score (nSPS) is 10.7. The molecule has 4 N–H and O–H groups in total. The van der Waals surface area contributed by atoms with Crippen molar-refractivity contribution >= 4 is 50.6 Å². The summed E-state index contributed by atoms with van der Waals surface area (Å²) in [6.07, 6.45) is 4.39. The lowest BCUT2D eigenvalue weighted by Gasteiger charge is -2.15. The number of hydrogen-bond donors (Lipinski definition) is 3. The molecule has 0 aliphatic heterocycles. The Labute approximate surface area is 221 Å². The van der Waals surface area contributed by atoms with Gasteiger partial charge in [-0.25, -0.2) is 9.97 Å². The quantitative estimate of drug-likeness (QED) is 0.257. The fourth-order valence-electron chi connectivity index (χ4n) is 3.86. The van der Waals surface area contributed by atoms with Crippen LogP contribution in [0.25, 0.3) is 21.3 Å². The van der Waals surface area contributed by atoms with Gasteiger partial charge in [-0.05, 0) is 17.7 Å². The topological polar surface area (TPSA) is 146 Å². The molecular weight excluding hydrogens is 506 g/mol. The van der Waals surface area contributed by atoms with Gasteiger partial charge in [0.15, 0.2) is 11.5 Å². The van der Waals surface area contributed by atoms with E-state index in [0.717, 1.165) is 15.8 Å². The Morgan fingerprint density at radius 3 is 2.45 bits per heavy atom. The lowest BCUT2D eigenvalue weighted by atomic mass is 10.1. The first-order chi connectivity index (χ1) is 18.5. The monoisotopic (exact) mass is 529 g/mol. The molecule has 12 heteroatoms. The highest BCUT2D eigenvalue weighted by Crippen LogP contribution is 2.41. The van der Waals surface area contributed by atoms with E-state index in [0.29, 0.717) is 45.9 Å². The molecule has 3 aromatic heterocycles. The first-order valence-electron chi connectivity index (χ1n) is 11.3. The van der Waals surface area contributed by atoms with Gasteiger partial charge in [0.1, 0.15) is 11.5 Å². The second-order valence-electron chi connectivity index (χ2n) is 7.92. The second kappa shape index (κ2) is 10.6. The van der Waals surface area contributed by atoms with Gasteiger partial charge in [-0.2, -0.15) is 4.98 Å². The van der Waals surface area contributed by atoms with E-state index in [1.807, 2.05) is 23.6 Å². The van der Waals surface area contributed by atoms with Crippen LogP contribution in [0.3, 0.4) is 0 Å². The predicted molar refractivity (Wildman–Crippen MR) is 147 cm³/mol. The number of nitrogens with one attached hydrogen (secondary N) is 2. The van der Waals surface area contributed by atoms with Crippen molar-refractivity contribution in [3.8, 4) is 28.4 Å². The molecule has 0 radical (unpaired) electrons. The number of anilines is 4. The van der Waals surface area contributed by atoms with E-state index in [-0.39, 0.29) is 11.6 Å². The maximum Gasteiger partial charge on any atom is 0.275 e. The van der Waals surface area contributed by atoms with Gasteiger partial charge in [0.25, 0.3) is 5.91 Å². The van der Waals surface area contributed by atoms with Crippen LogP contribution in [0.1, 0.15) is 10.5 Å². The number of rotatable bonds is 8. The molecule has 192 valence electrons. The van der Waals surface area contributed by atoms with Crippen LogP contribution in [0.4, 0.5) is 23.1 Å². The zero-order chi connectivity index (χ0) is 26.6. The van der Waals surface area contributed by atoms with E-state index in [9.17, 15) is 4.79 Å². The number of ether oxygens (including phenoxy) is 3. The Kier molecular flexibility index (Phi) is 6.87. The number of thiophene rings is 1. The highest BCUT2D eigenvalue weighted by molar-refractivity contribution is 7.18. The Balaban J connectivity index is 1.48. The van der Waals surface area contributed by atoms with E-state index in [1.54, 1.807) is 39.5 Å². The van der Waals surface area contributed by atoms with Crippen molar-refractivity contribution in [1.29, 1.82) is 0 Å². The van der Waals surface area contributed by atoms with E-state index in [2.05, 4.69) is 25.6 Å². The molecule has 11 nitrogen and oxygen atoms in total. The molecule has 38 heavy (non-hydrogen) atoms. The molecule has 5 aromatic rings. The summed E-state index contributed by atoms with van der Waals surface area (Å²) in [5.41, 5.74) is 10.1. The summed E-state index contributed by atoms with van der Waals surface area (Å²) >= 11 is 1.44. The number of aromatic nitrogens is 4. The standard InChI is InChI=1S/C26H23N7O4S/c1-35-19-10-16(11-20(36-2)22(19)37-3)31-26-32-21-17(13-38-23(21)24(27)33-26)14-5-4-6-15(9-14)30-25(34)18-12-28-7-8-29-18/h4-13H,1-3H3,(H,30,34)(H3,27,31,32,33). The SMILES string of the molecule is COc1cc(Nc2nc(N)c3scc(-c4cccc(NC(=O)c5cnccn5)c4)c3n2)cc(OC)c1OC. The van der Waals surface area contributed by atoms with Crippen LogP contribution in [0, 0.1) is 0 Å². The smallest absolute Gasteiger partial charge is 0.275 e. The molecule has 0 spiro atoms. The maximum atomic E-state index is 12.5. The van der Waals surface area contributed by atoms with Gasteiger partial charge in [0.05, 0.1) is 37.7 Å². The maximum absolute atomic E-state index is 12.5. The highest BCUT2D eigenvalue weighted by Gasteiger charge is 2.17. The first kappa shape index (κ1) is 24.7. The van der Waals surface area contributed by atoms with Crippen molar-refractivity contribution in [2.24, 2.45) is 0 Å². The number of fused-ring (bicyclic) bond motifs is 1. The summed E-state index contributed by atoms with van der Waals surface area (Å²) in [6, 6.07) is 11.0. The summed E-state index contributed by atoms with van der Waals surface area (Å²) in [5.74, 6) is 1.74. The van der Waals surface area contributed by atoms with E-state index < -0.39 is 0 Å². The third kappa shape index (κ3) is 4.84. The molecule has 0 saturated heterocycles. The third-order valence-corrected chi connectivity index (χ3v) is 6.58. The number of nitrogens with two attached hydrogens (primary N) is 1. The Morgan fingerprint density at radius 2 is 1.76 bits per heavy atom. The van der Waals surface area contributed by atoms with Gasteiger partial charge in [-0.3, -0.25) is 9.78 Å². The molecule has 2 aromatic carbocycles. The fraction of sp³-hybridized carbons (Fsp3) is 0.115. The zero-order valence-electron chi connectivity index (χ0n) is 20.7. The summed E-state index contributed by atoms with van der Waals surface area (Å²) in [4.78, 5) is 29.7. The lowest BCUT2D eigenvalue weighted by Crippen LogP contribution is -2.13. The van der Waals surface area contributed by atoms with Crippen molar-refractivity contribution in [3.05, 3.63) is 66.1 Å². The van der Waals surface area contributed by atoms with E-state index >= 15 is 0 Å². The van der Waals surface area contributed by atoms with Crippen LogP contribution in [0.5, 0.6) is 17.2 Å². The van der Waals surface area contributed by atoms with Crippen LogP contribution in [0.2, 0.25) is 0 Å². The van der Waals surface area contributed by atoms with Gasteiger partial charge in [-0.15, -0.1) is 11.3 Å². The average Bonchev–Trinajstić information content (AvgIpc) is 3.37. The van der Waals surface area contributed by atoms with Crippen molar-refractivity contribution in [3.63, 3.8) is 0 Å². The molecule has 1 amide bonds. The third-order valence-electron chi connectivity index (χ3n) is 5.59. The highest BCUT2D eigenvalue weighted by atomic mass is 32.1. The van der Waals surface area contributed by atoms with Gasteiger partial charge < -0.3 is 30.6 Å². The Bertz CT molecular complexity index is 1600. The molecule has 0 saturated carbocycles. The number of hydrogen-bond acceptors (Lipinski definition) is 11. The molecule has 0 aliphatic rings. The van der Waals surface area contributed by atoms with Crippen molar-refractivity contribution < 1.29 is 19.0 Å². The molecule has 5 rings (SSSR count). The van der Waals surface area contributed by atoms with Gasteiger partial charge in [0, 0.05) is 46.8 Å². The van der Waals surface area contributed by atoms with Crippen LogP contribution in [0.15, 0.2) is 60.4 Å². The second-order valence-corrected chi connectivity index (χ2v) is 8.80. The van der Waals surface area contributed by atoms with Crippen LogP contribution in [-0.4, -0.2) is 47.2 Å². The summed E-state index contributed by atoms with van der Waals surface area (Å²) in [7, 11) is 4.63. The van der Waals surface area contributed by atoms with Crippen LogP contribution >= 0.6 is 11.3 Å². The largest absolute Gasteiger partial charge is 0.493 e. The predicted octanol–water partition coefficient (Wildman–Crippen LogP) is 4.75. The number of amides is 1. The molecular formula is C26H23N7O4S. The molecule has 0 atom stereocenters. The molecule has 0 aliphatic carbocycles. The zero-order valence-corrected chi connectivity index (χ0v) is 21.5. The van der Waals surface area contributed by atoms with Gasteiger partial charge in [0.2, 0.25) is 11.7 Å². The van der Waals surface area contributed by atoms with E-state index in [4.69, 9.17) is 24.9 Å². The van der Waals surface area contributed by atoms with E-state index in [1.165, 1.54) is 29.9 Å². The Morgan fingerprint density at radius 1 is 0.974 bits per heavy atom. The molecule has 0 bridgehead atoms. The molecule has 3 heterocycles. The number of carbonyl (C=O) groups is 1. The van der Waals surface area contributed by atoms with Crippen LogP contribution in [-0.2, 0) is 0 Å². The Hall–Kier alpha value is -4.97. The van der Waals surface area contributed by atoms with Gasteiger partial charge >= 0.3 is 0 Å². The minimum absolute atomic E-state index is 0.224. The average molecular weight is 530 g/mol. The van der Waals surface area contributed by atoms with Crippen molar-refractivity contribution in [1.82, 2.24) is 19.9 Å². The number of methoxy groups -OCH3 is 3.